The Hall–Kier alpha value is -2.54. The number of methoxy groups -OCH3 is 1. The largest absolute Gasteiger partial charge is 0.491 e. The minimum absolute atomic E-state index is 0.0674. The number of ether oxygens (including phenoxy) is 1. The summed E-state index contributed by atoms with van der Waals surface area (Å²) in [6.45, 7) is -0.0674. The summed E-state index contributed by atoms with van der Waals surface area (Å²) in [7, 11) is 1.19. The van der Waals surface area contributed by atoms with Crippen LogP contribution in [0.25, 0.3) is 10.2 Å². The summed E-state index contributed by atoms with van der Waals surface area (Å²) >= 11 is 1.43. The zero-order valence-electron chi connectivity index (χ0n) is 12.1. The molecule has 1 N–H and O–H groups in total. The first-order valence-electron chi connectivity index (χ1n) is 6.72. The van der Waals surface area contributed by atoms with Gasteiger partial charge in [0, 0.05) is 17.7 Å². The number of fused-ring (bicyclic) bond motifs is 1. The van der Waals surface area contributed by atoms with Crippen molar-refractivity contribution in [1.29, 1.82) is 0 Å². The highest BCUT2D eigenvalue weighted by molar-refractivity contribution is 7.16. The highest BCUT2D eigenvalue weighted by atomic mass is 32.1. The Labute approximate surface area is 134 Å². The monoisotopic (exact) mass is 334 g/mol. The Bertz CT molecular complexity index is 880. The van der Waals surface area contributed by atoms with E-state index >= 15 is 0 Å². The van der Waals surface area contributed by atoms with Crippen LogP contribution in [-0.2, 0) is 6.54 Å². The van der Waals surface area contributed by atoms with Crippen molar-refractivity contribution in [3.63, 3.8) is 0 Å². The van der Waals surface area contributed by atoms with Gasteiger partial charge in [-0.1, -0.05) is 6.07 Å². The Balaban J connectivity index is 1.76. The molecular weight excluding hydrogens is 322 g/mol. The molecule has 0 atom stereocenters. The standard InChI is InChI=1S/C16H12F2N2O2S/c1-22-15-11(17)4-2-10(14(15)18)7-19-16(21)9-3-5-12-13(6-9)23-8-20-12/h2-6,8H,7H2,1H3,(H,19,21). The molecule has 3 aromatic rings. The maximum Gasteiger partial charge on any atom is 0.251 e. The molecule has 0 saturated heterocycles. The van der Waals surface area contributed by atoms with Crippen LogP contribution in [0.3, 0.4) is 0 Å². The molecule has 0 aliphatic rings. The highest BCUT2D eigenvalue weighted by Gasteiger charge is 2.15. The van der Waals surface area contributed by atoms with E-state index in [1.165, 1.54) is 24.5 Å². The van der Waals surface area contributed by atoms with Crippen molar-refractivity contribution in [3.05, 3.63) is 58.6 Å². The van der Waals surface area contributed by atoms with Gasteiger partial charge in [0.25, 0.3) is 5.91 Å². The Morgan fingerprint density at radius 2 is 2.13 bits per heavy atom. The topological polar surface area (TPSA) is 51.2 Å². The van der Waals surface area contributed by atoms with Crippen LogP contribution in [0.15, 0.2) is 35.8 Å². The summed E-state index contributed by atoms with van der Waals surface area (Å²) < 4.78 is 33.0. The third kappa shape index (κ3) is 3.00. The van der Waals surface area contributed by atoms with Gasteiger partial charge in [-0.05, 0) is 24.3 Å². The minimum atomic E-state index is -0.814. The second-order valence-electron chi connectivity index (χ2n) is 4.77. The predicted molar refractivity (Wildman–Crippen MR) is 83.7 cm³/mol. The van der Waals surface area contributed by atoms with Gasteiger partial charge in [-0.3, -0.25) is 4.79 Å². The Kier molecular flexibility index (Phi) is 4.20. The molecule has 23 heavy (non-hydrogen) atoms. The lowest BCUT2D eigenvalue weighted by molar-refractivity contribution is 0.0950. The molecule has 4 nitrogen and oxygen atoms in total. The molecule has 1 heterocycles. The summed E-state index contributed by atoms with van der Waals surface area (Å²) in [5.74, 6) is -2.40. The first kappa shape index (κ1) is 15.4. The number of rotatable bonds is 4. The fourth-order valence-corrected chi connectivity index (χ4v) is 2.89. The maximum atomic E-state index is 14.0. The number of benzene rings is 2. The van der Waals surface area contributed by atoms with Gasteiger partial charge in [-0.2, -0.15) is 0 Å². The second-order valence-corrected chi connectivity index (χ2v) is 5.66. The van der Waals surface area contributed by atoms with E-state index in [2.05, 4.69) is 15.0 Å². The van der Waals surface area contributed by atoms with E-state index in [1.807, 2.05) is 0 Å². The zero-order chi connectivity index (χ0) is 16.4. The number of thiazole rings is 1. The molecule has 0 aliphatic carbocycles. The van der Waals surface area contributed by atoms with Gasteiger partial charge in [0.15, 0.2) is 17.4 Å². The van der Waals surface area contributed by atoms with Gasteiger partial charge in [-0.25, -0.2) is 13.8 Å². The molecular formula is C16H12F2N2O2S. The molecule has 0 fully saturated rings. The molecule has 3 rings (SSSR count). The average molecular weight is 334 g/mol. The van der Waals surface area contributed by atoms with Gasteiger partial charge in [-0.15, -0.1) is 11.3 Å². The molecule has 2 aromatic carbocycles. The number of carbonyl (C=O) groups is 1. The number of hydrogen-bond donors (Lipinski definition) is 1. The third-order valence-corrected chi connectivity index (χ3v) is 4.16. The third-order valence-electron chi connectivity index (χ3n) is 3.37. The van der Waals surface area contributed by atoms with E-state index in [4.69, 9.17) is 0 Å². The summed E-state index contributed by atoms with van der Waals surface area (Å²) in [5.41, 5.74) is 3.12. The van der Waals surface area contributed by atoms with Crippen LogP contribution in [0.1, 0.15) is 15.9 Å². The number of halogens is 2. The number of hydrogen-bond acceptors (Lipinski definition) is 4. The van der Waals surface area contributed by atoms with Gasteiger partial charge < -0.3 is 10.1 Å². The van der Waals surface area contributed by atoms with E-state index in [9.17, 15) is 13.6 Å². The van der Waals surface area contributed by atoms with Crippen molar-refractivity contribution < 1.29 is 18.3 Å². The van der Waals surface area contributed by atoms with Crippen molar-refractivity contribution in [2.75, 3.05) is 7.11 Å². The lowest BCUT2D eigenvalue weighted by Gasteiger charge is -2.10. The van der Waals surface area contributed by atoms with Gasteiger partial charge in [0.2, 0.25) is 0 Å². The van der Waals surface area contributed by atoms with Crippen molar-refractivity contribution in [2.45, 2.75) is 6.54 Å². The molecule has 0 aliphatic heterocycles. The van der Waals surface area contributed by atoms with E-state index in [0.717, 1.165) is 16.3 Å². The molecule has 118 valence electrons. The predicted octanol–water partition coefficient (Wildman–Crippen LogP) is 3.51. The van der Waals surface area contributed by atoms with Crippen molar-refractivity contribution in [3.8, 4) is 5.75 Å². The van der Waals surface area contributed by atoms with E-state index in [-0.39, 0.29) is 18.0 Å². The first-order valence-corrected chi connectivity index (χ1v) is 7.60. The van der Waals surface area contributed by atoms with Crippen LogP contribution in [0, 0.1) is 11.6 Å². The summed E-state index contributed by atoms with van der Waals surface area (Å²) in [6.07, 6.45) is 0. The summed E-state index contributed by atoms with van der Waals surface area (Å²) in [5, 5.41) is 2.61. The molecule has 0 spiro atoms. The number of carbonyl (C=O) groups excluding carboxylic acids is 1. The number of nitrogens with one attached hydrogen (secondary N) is 1. The molecule has 1 aromatic heterocycles. The maximum absolute atomic E-state index is 14.0. The SMILES string of the molecule is COc1c(F)ccc(CNC(=O)c2ccc3ncsc3c2)c1F. The van der Waals surface area contributed by atoms with Crippen LogP contribution < -0.4 is 10.1 Å². The van der Waals surface area contributed by atoms with Crippen molar-refractivity contribution >= 4 is 27.5 Å². The van der Waals surface area contributed by atoms with Crippen molar-refractivity contribution in [1.82, 2.24) is 10.3 Å². The van der Waals surface area contributed by atoms with Crippen LogP contribution in [0.5, 0.6) is 5.75 Å². The van der Waals surface area contributed by atoms with Gasteiger partial charge in [0.1, 0.15) is 0 Å². The van der Waals surface area contributed by atoms with Gasteiger partial charge >= 0.3 is 0 Å². The first-order chi connectivity index (χ1) is 11.1. The van der Waals surface area contributed by atoms with Crippen molar-refractivity contribution in [2.24, 2.45) is 0 Å². The smallest absolute Gasteiger partial charge is 0.251 e. The van der Waals surface area contributed by atoms with E-state index in [1.54, 1.807) is 23.7 Å². The second kappa shape index (κ2) is 6.29. The highest BCUT2D eigenvalue weighted by Crippen LogP contribution is 2.24. The fourth-order valence-electron chi connectivity index (χ4n) is 2.17. The normalized spacial score (nSPS) is 10.7. The molecule has 0 saturated carbocycles. The van der Waals surface area contributed by atoms with Crippen LogP contribution in [0.2, 0.25) is 0 Å². The number of amides is 1. The fraction of sp³-hybridized carbons (Fsp3) is 0.125. The molecule has 0 bridgehead atoms. The van der Waals surface area contributed by atoms with Crippen LogP contribution in [-0.4, -0.2) is 18.0 Å². The lowest BCUT2D eigenvalue weighted by Crippen LogP contribution is -2.23. The number of aromatic nitrogens is 1. The minimum Gasteiger partial charge on any atom is -0.491 e. The lowest BCUT2D eigenvalue weighted by atomic mass is 10.1. The quantitative estimate of drug-likeness (QED) is 0.794. The van der Waals surface area contributed by atoms with Gasteiger partial charge in [0.05, 0.1) is 22.8 Å². The molecule has 7 heteroatoms. The number of nitrogens with zero attached hydrogens (tertiary/aromatic N) is 1. The van der Waals surface area contributed by atoms with Crippen LogP contribution >= 0.6 is 11.3 Å². The van der Waals surface area contributed by atoms with E-state index < -0.39 is 17.4 Å². The molecule has 0 radical (unpaired) electrons. The van der Waals surface area contributed by atoms with Crippen LogP contribution in [0.4, 0.5) is 8.78 Å². The Morgan fingerprint density at radius 3 is 2.91 bits per heavy atom. The molecule has 0 unspecified atom stereocenters. The molecule has 1 amide bonds. The zero-order valence-corrected chi connectivity index (χ0v) is 12.9. The Morgan fingerprint density at radius 1 is 1.30 bits per heavy atom. The van der Waals surface area contributed by atoms with E-state index in [0.29, 0.717) is 5.56 Å². The average Bonchev–Trinajstić information content (AvgIpc) is 3.02. The summed E-state index contributed by atoms with van der Waals surface area (Å²) in [4.78, 5) is 16.3. The summed E-state index contributed by atoms with van der Waals surface area (Å²) in [6, 6.07) is 7.51.